The summed E-state index contributed by atoms with van der Waals surface area (Å²) in [5.74, 6) is -3.73. The first-order valence-electron chi connectivity index (χ1n) is 5.82. The third kappa shape index (κ3) is 2.99. The summed E-state index contributed by atoms with van der Waals surface area (Å²) >= 11 is 0. The van der Waals surface area contributed by atoms with E-state index in [2.05, 4.69) is 0 Å². The molecule has 2 rings (SSSR count). The highest BCUT2D eigenvalue weighted by atomic mass is 16.5. The lowest BCUT2D eigenvalue weighted by Gasteiger charge is -2.20. The monoisotopic (exact) mass is 258 g/mol. The van der Waals surface area contributed by atoms with E-state index in [9.17, 15) is 20.1 Å². The molecule has 0 saturated carbocycles. The molecular weight excluding hydrogens is 244 g/mol. The molecule has 2 aromatic rings. The summed E-state index contributed by atoms with van der Waals surface area (Å²) in [6.07, 6.45) is -0.235. The van der Waals surface area contributed by atoms with Crippen LogP contribution >= 0.6 is 0 Å². The fourth-order valence-electron chi connectivity index (χ4n) is 1.84. The quantitative estimate of drug-likeness (QED) is 0.573. The van der Waals surface area contributed by atoms with Gasteiger partial charge in [0.25, 0.3) is 0 Å². The largest absolute Gasteiger partial charge is 0.507 e. The van der Waals surface area contributed by atoms with Crippen LogP contribution in [-0.4, -0.2) is 26.9 Å². The van der Waals surface area contributed by atoms with Gasteiger partial charge in [0.2, 0.25) is 11.6 Å². The lowest BCUT2D eigenvalue weighted by molar-refractivity contribution is -0.120. The molecule has 0 aliphatic carbocycles. The van der Waals surface area contributed by atoms with Crippen LogP contribution in [0, 0.1) is 0 Å². The van der Waals surface area contributed by atoms with Crippen molar-refractivity contribution in [2.75, 3.05) is 0 Å². The molecule has 0 aliphatic heterocycles. The molecule has 0 spiro atoms. The maximum atomic E-state index is 12.0. The smallest absolute Gasteiger partial charge is 0.233 e. The van der Waals surface area contributed by atoms with E-state index < -0.39 is 11.6 Å². The van der Waals surface area contributed by atoms with Gasteiger partial charge >= 0.3 is 0 Å². The second-order valence-corrected chi connectivity index (χ2v) is 4.33. The van der Waals surface area contributed by atoms with Crippen LogP contribution in [-0.2, 0) is 6.42 Å². The van der Waals surface area contributed by atoms with Gasteiger partial charge in [-0.05, 0) is 17.7 Å². The number of phenols is 1. The van der Waals surface area contributed by atoms with Crippen LogP contribution in [0.15, 0.2) is 54.6 Å². The number of Topliss-reactive ketones (excluding diaryl/α,β-unsaturated/α-hetero) is 1. The number of hydrogen-bond donors (Lipinski definition) is 3. The molecule has 2 aromatic carbocycles. The Morgan fingerprint density at radius 1 is 0.947 bits per heavy atom. The van der Waals surface area contributed by atoms with Crippen molar-refractivity contribution < 1.29 is 20.1 Å². The molecular formula is C15H14O4. The number of rotatable bonds is 4. The Bertz CT molecular complexity index is 576. The van der Waals surface area contributed by atoms with Crippen molar-refractivity contribution in [3.63, 3.8) is 0 Å². The number of aliphatic hydroxyl groups is 2. The highest BCUT2D eigenvalue weighted by Gasteiger charge is 2.35. The van der Waals surface area contributed by atoms with Crippen LogP contribution in [0.3, 0.4) is 0 Å². The molecule has 3 N–H and O–H groups in total. The molecule has 0 aliphatic rings. The lowest BCUT2D eigenvalue weighted by Crippen LogP contribution is -2.40. The van der Waals surface area contributed by atoms with Gasteiger partial charge in [0.1, 0.15) is 5.75 Å². The van der Waals surface area contributed by atoms with Crippen LogP contribution in [0.25, 0.3) is 0 Å². The second-order valence-electron chi connectivity index (χ2n) is 4.33. The van der Waals surface area contributed by atoms with E-state index in [4.69, 9.17) is 0 Å². The van der Waals surface area contributed by atoms with Crippen molar-refractivity contribution in [3.05, 3.63) is 65.7 Å². The minimum absolute atomic E-state index is 0.108. The fourth-order valence-corrected chi connectivity index (χ4v) is 1.84. The van der Waals surface area contributed by atoms with Gasteiger partial charge in [0.05, 0.1) is 5.56 Å². The molecule has 0 saturated heterocycles. The topological polar surface area (TPSA) is 77.8 Å². The Kier molecular flexibility index (Phi) is 3.64. The van der Waals surface area contributed by atoms with Crippen molar-refractivity contribution >= 4 is 5.78 Å². The average molecular weight is 258 g/mol. The van der Waals surface area contributed by atoms with Gasteiger partial charge in [-0.1, -0.05) is 42.5 Å². The Morgan fingerprint density at radius 3 is 2.16 bits per heavy atom. The minimum Gasteiger partial charge on any atom is -0.507 e. The molecule has 0 unspecified atom stereocenters. The third-order valence-corrected chi connectivity index (χ3v) is 2.81. The highest BCUT2D eigenvalue weighted by Crippen LogP contribution is 2.23. The van der Waals surface area contributed by atoms with Crippen LogP contribution in [0.2, 0.25) is 0 Å². The van der Waals surface area contributed by atoms with Crippen LogP contribution in [0.5, 0.6) is 5.75 Å². The Morgan fingerprint density at radius 2 is 1.53 bits per heavy atom. The standard InChI is InChI=1S/C15H14O4/c16-13-9-5-4-8-12(13)14(17)15(18,19)10-11-6-2-1-3-7-11/h1-9,16,18-19H,10H2. The maximum absolute atomic E-state index is 12.0. The number of ketones is 1. The van der Waals surface area contributed by atoms with Gasteiger partial charge in [0.15, 0.2) is 0 Å². The summed E-state index contributed by atoms with van der Waals surface area (Å²) in [4.78, 5) is 12.0. The summed E-state index contributed by atoms with van der Waals surface area (Å²) in [7, 11) is 0. The van der Waals surface area contributed by atoms with E-state index >= 15 is 0 Å². The van der Waals surface area contributed by atoms with Gasteiger partial charge in [-0.3, -0.25) is 4.79 Å². The van der Waals surface area contributed by atoms with Gasteiger partial charge in [-0.15, -0.1) is 0 Å². The predicted octanol–water partition coefficient (Wildman–Crippen LogP) is 1.50. The van der Waals surface area contributed by atoms with Crippen molar-refractivity contribution in [2.45, 2.75) is 12.2 Å². The third-order valence-electron chi connectivity index (χ3n) is 2.81. The maximum Gasteiger partial charge on any atom is 0.233 e. The van der Waals surface area contributed by atoms with Crippen LogP contribution in [0.1, 0.15) is 15.9 Å². The fraction of sp³-hybridized carbons (Fsp3) is 0.133. The number of carbonyl (C=O) groups excluding carboxylic acids is 1. The van der Waals surface area contributed by atoms with E-state index in [0.717, 1.165) is 0 Å². The van der Waals surface area contributed by atoms with Crippen molar-refractivity contribution in [1.29, 1.82) is 0 Å². The number of carbonyl (C=O) groups is 1. The molecule has 0 heterocycles. The zero-order valence-corrected chi connectivity index (χ0v) is 10.2. The van der Waals surface area contributed by atoms with E-state index in [1.165, 1.54) is 12.1 Å². The molecule has 98 valence electrons. The van der Waals surface area contributed by atoms with E-state index in [-0.39, 0.29) is 17.7 Å². The molecule has 4 nitrogen and oxygen atoms in total. The van der Waals surface area contributed by atoms with Crippen molar-refractivity contribution in [3.8, 4) is 5.75 Å². The molecule has 0 bridgehead atoms. The summed E-state index contributed by atoms with van der Waals surface area (Å²) < 4.78 is 0. The van der Waals surface area contributed by atoms with Crippen LogP contribution in [0.4, 0.5) is 0 Å². The number of hydrogen-bond acceptors (Lipinski definition) is 4. The van der Waals surface area contributed by atoms with Crippen LogP contribution < -0.4 is 0 Å². The minimum atomic E-state index is -2.54. The first-order chi connectivity index (χ1) is 9.00. The van der Waals surface area contributed by atoms with E-state index in [0.29, 0.717) is 5.56 Å². The lowest BCUT2D eigenvalue weighted by atomic mass is 9.96. The van der Waals surface area contributed by atoms with Gasteiger partial charge < -0.3 is 15.3 Å². The number of benzene rings is 2. The molecule has 4 heteroatoms. The van der Waals surface area contributed by atoms with Gasteiger partial charge in [-0.2, -0.15) is 0 Å². The van der Waals surface area contributed by atoms with Crippen molar-refractivity contribution in [2.24, 2.45) is 0 Å². The normalized spacial score (nSPS) is 11.3. The summed E-state index contributed by atoms with van der Waals surface area (Å²) in [5, 5.41) is 29.4. The number of aromatic hydroxyl groups is 1. The molecule has 0 radical (unpaired) electrons. The average Bonchev–Trinajstić information content (AvgIpc) is 2.39. The predicted molar refractivity (Wildman–Crippen MR) is 69.8 cm³/mol. The SMILES string of the molecule is O=C(c1ccccc1O)C(O)(O)Cc1ccccc1. The van der Waals surface area contributed by atoms with Gasteiger partial charge in [-0.25, -0.2) is 0 Å². The molecule has 0 fully saturated rings. The Labute approximate surface area is 110 Å². The molecule has 19 heavy (non-hydrogen) atoms. The Balaban J connectivity index is 2.25. The molecule has 0 amide bonds. The molecule has 0 aromatic heterocycles. The first kappa shape index (κ1) is 13.3. The molecule has 0 atom stereocenters. The Hall–Kier alpha value is -2.17. The number of para-hydroxylation sites is 1. The number of phenolic OH excluding ortho intramolecular Hbond substituents is 1. The van der Waals surface area contributed by atoms with E-state index in [1.807, 2.05) is 0 Å². The van der Waals surface area contributed by atoms with Gasteiger partial charge in [0, 0.05) is 6.42 Å². The zero-order chi connectivity index (χ0) is 13.9. The summed E-state index contributed by atoms with van der Waals surface area (Å²) in [6, 6.07) is 14.5. The van der Waals surface area contributed by atoms with E-state index in [1.54, 1.807) is 42.5 Å². The summed E-state index contributed by atoms with van der Waals surface area (Å²) in [5.41, 5.74) is 0.514. The highest BCUT2D eigenvalue weighted by molar-refractivity contribution is 6.03. The first-order valence-corrected chi connectivity index (χ1v) is 5.82. The zero-order valence-electron chi connectivity index (χ0n) is 10.2. The van der Waals surface area contributed by atoms with Crippen molar-refractivity contribution in [1.82, 2.24) is 0 Å². The summed E-state index contributed by atoms with van der Waals surface area (Å²) in [6.45, 7) is 0. The second kappa shape index (κ2) is 5.22.